The van der Waals surface area contributed by atoms with Gasteiger partial charge in [-0.2, -0.15) is 0 Å². The third-order valence-corrected chi connectivity index (χ3v) is 3.43. The summed E-state index contributed by atoms with van der Waals surface area (Å²) in [4.78, 5) is 34.9. The SMILES string of the molecule is CNC(=O)CC1(NC(=O)[C@@H](NC(=O)OC)C(C)C)CC1. The topological polar surface area (TPSA) is 96.5 Å². The van der Waals surface area contributed by atoms with Crippen LogP contribution in [0.4, 0.5) is 4.79 Å². The van der Waals surface area contributed by atoms with E-state index in [4.69, 9.17) is 0 Å². The predicted octanol–water partition coefficient (Wildman–Crippen LogP) is 0.152. The molecular formula is C13H23N3O4. The van der Waals surface area contributed by atoms with Crippen molar-refractivity contribution in [2.24, 2.45) is 5.92 Å². The molecule has 0 aromatic carbocycles. The molecule has 3 N–H and O–H groups in total. The molecule has 20 heavy (non-hydrogen) atoms. The van der Waals surface area contributed by atoms with Gasteiger partial charge < -0.3 is 20.7 Å². The number of rotatable bonds is 6. The first kappa shape index (κ1) is 16.3. The van der Waals surface area contributed by atoms with Gasteiger partial charge in [0.25, 0.3) is 0 Å². The van der Waals surface area contributed by atoms with Gasteiger partial charge in [0.2, 0.25) is 11.8 Å². The first-order valence-electron chi connectivity index (χ1n) is 6.70. The summed E-state index contributed by atoms with van der Waals surface area (Å²) in [6.07, 6.45) is 1.16. The van der Waals surface area contributed by atoms with Crippen LogP contribution in [-0.4, -0.2) is 43.6 Å². The smallest absolute Gasteiger partial charge is 0.407 e. The number of nitrogens with one attached hydrogen (secondary N) is 3. The van der Waals surface area contributed by atoms with Crippen LogP contribution >= 0.6 is 0 Å². The van der Waals surface area contributed by atoms with Crippen LogP contribution in [0.2, 0.25) is 0 Å². The summed E-state index contributed by atoms with van der Waals surface area (Å²) in [6.45, 7) is 3.66. The minimum absolute atomic E-state index is 0.0788. The Bertz CT molecular complexity index is 391. The van der Waals surface area contributed by atoms with Crippen LogP contribution in [0.1, 0.15) is 33.1 Å². The lowest BCUT2D eigenvalue weighted by Crippen LogP contribution is -2.53. The second-order valence-corrected chi connectivity index (χ2v) is 5.48. The molecule has 0 heterocycles. The van der Waals surface area contributed by atoms with Crippen molar-refractivity contribution in [2.45, 2.75) is 44.7 Å². The van der Waals surface area contributed by atoms with Crippen molar-refractivity contribution in [3.05, 3.63) is 0 Å². The molecule has 114 valence electrons. The van der Waals surface area contributed by atoms with Crippen LogP contribution in [0.25, 0.3) is 0 Å². The van der Waals surface area contributed by atoms with E-state index in [0.29, 0.717) is 0 Å². The molecule has 0 aromatic heterocycles. The fourth-order valence-corrected chi connectivity index (χ4v) is 1.95. The molecule has 7 heteroatoms. The molecule has 0 spiro atoms. The summed E-state index contributed by atoms with van der Waals surface area (Å²) >= 11 is 0. The number of carbonyl (C=O) groups is 3. The number of amides is 3. The van der Waals surface area contributed by atoms with E-state index in [9.17, 15) is 14.4 Å². The second-order valence-electron chi connectivity index (χ2n) is 5.48. The molecule has 1 atom stereocenters. The molecule has 1 aliphatic carbocycles. The zero-order valence-electron chi connectivity index (χ0n) is 12.4. The average molecular weight is 285 g/mol. The Morgan fingerprint density at radius 1 is 1.25 bits per heavy atom. The van der Waals surface area contributed by atoms with Gasteiger partial charge in [0.1, 0.15) is 6.04 Å². The van der Waals surface area contributed by atoms with Crippen molar-refractivity contribution in [2.75, 3.05) is 14.2 Å². The first-order chi connectivity index (χ1) is 9.33. The van der Waals surface area contributed by atoms with Gasteiger partial charge in [-0.1, -0.05) is 13.8 Å². The molecule has 0 saturated heterocycles. The number of hydrogen-bond acceptors (Lipinski definition) is 4. The Labute approximate surface area is 118 Å². The van der Waals surface area contributed by atoms with Gasteiger partial charge in [-0.25, -0.2) is 4.79 Å². The van der Waals surface area contributed by atoms with E-state index < -0.39 is 17.7 Å². The van der Waals surface area contributed by atoms with Gasteiger partial charge in [0.05, 0.1) is 7.11 Å². The van der Waals surface area contributed by atoms with Crippen molar-refractivity contribution in [1.82, 2.24) is 16.0 Å². The average Bonchev–Trinajstić information content (AvgIpc) is 3.13. The number of carbonyl (C=O) groups excluding carboxylic acids is 3. The molecule has 0 aliphatic heterocycles. The summed E-state index contributed by atoms with van der Waals surface area (Å²) in [5.41, 5.74) is -0.456. The Hall–Kier alpha value is -1.79. The Morgan fingerprint density at radius 3 is 2.25 bits per heavy atom. The van der Waals surface area contributed by atoms with E-state index >= 15 is 0 Å². The number of alkyl carbamates (subject to hydrolysis) is 1. The molecule has 0 unspecified atom stereocenters. The molecule has 1 saturated carbocycles. The lowest BCUT2D eigenvalue weighted by Gasteiger charge is -2.24. The fourth-order valence-electron chi connectivity index (χ4n) is 1.95. The molecule has 1 fully saturated rings. The standard InChI is InChI=1S/C13H23N3O4/c1-8(2)10(15-12(19)20-4)11(18)16-13(5-6-13)7-9(17)14-3/h8,10H,5-7H2,1-4H3,(H,14,17)(H,15,19)(H,16,18)/t10-/m0/s1. The number of ether oxygens (including phenoxy) is 1. The van der Waals surface area contributed by atoms with Crippen molar-refractivity contribution < 1.29 is 19.1 Å². The highest BCUT2D eigenvalue weighted by Crippen LogP contribution is 2.38. The lowest BCUT2D eigenvalue weighted by atomic mass is 10.0. The summed E-state index contributed by atoms with van der Waals surface area (Å²) in [5.74, 6) is -0.471. The minimum atomic E-state index is -0.676. The Morgan fingerprint density at radius 2 is 1.85 bits per heavy atom. The summed E-state index contributed by atoms with van der Waals surface area (Å²) in [7, 11) is 2.81. The predicted molar refractivity (Wildman–Crippen MR) is 73.0 cm³/mol. The highest BCUT2D eigenvalue weighted by molar-refractivity contribution is 5.87. The summed E-state index contributed by atoms with van der Waals surface area (Å²) < 4.78 is 4.51. The van der Waals surface area contributed by atoms with Crippen LogP contribution in [0, 0.1) is 5.92 Å². The third-order valence-electron chi connectivity index (χ3n) is 3.43. The van der Waals surface area contributed by atoms with Gasteiger partial charge >= 0.3 is 6.09 Å². The highest BCUT2D eigenvalue weighted by atomic mass is 16.5. The molecule has 0 aromatic rings. The first-order valence-corrected chi connectivity index (χ1v) is 6.70. The number of methoxy groups -OCH3 is 1. The van der Waals surface area contributed by atoms with Crippen LogP contribution in [0.5, 0.6) is 0 Å². The molecule has 0 radical (unpaired) electrons. The van der Waals surface area contributed by atoms with Gasteiger partial charge in [0.15, 0.2) is 0 Å². The Balaban J connectivity index is 2.62. The summed E-state index contributed by atoms with van der Waals surface area (Å²) in [5, 5.41) is 7.93. The van der Waals surface area contributed by atoms with Gasteiger partial charge in [0, 0.05) is 19.0 Å². The largest absolute Gasteiger partial charge is 0.453 e. The highest BCUT2D eigenvalue weighted by Gasteiger charge is 2.46. The normalized spacial score (nSPS) is 17.1. The second kappa shape index (κ2) is 6.58. The van der Waals surface area contributed by atoms with Crippen LogP contribution in [0.15, 0.2) is 0 Å². The van der Waals surface area contributed by atoms with Crippen LogP contribution in [0.3, 0.4) is 0 Å². The lowest BCUT2D eigenvalue weighted by molar-refractivity contribution is -0.126. The van der Waals surface area contributed by atoms with Crippen molar-refractivity contribution >= 4 is 17.9 Å². The molecule has 1 rings (SSSR count). The van der Waals surface area contributed by atoms with E-state index in [1.165, 1.54) is 7.11 Å². The van der Waals surface area contributed by atoms with E-state index in [1.54, 1.807) is 7.05 Å². The Kier molecular flexibility index (Phi) is 5.35. The number of hydrogen-bond donors (Lipinski definition) is 3. The van der Waals surface area contributed by atoms with Gasteiger partial charge in [-0.15, -0.1) is 0 Å². The van der Waals surface area contributed by atoms with E-state index in [-0.39, 0.29) is 24.2 Å². The zero-order valence-corrected chi connectivity index (χ0v) is 12.4. The van der Waals surface area contributed by atoms with Crippen molar-refractivity contribution in [3.8, 4) is 0 Å². The van der Waals surface area contributed by atoms with Gasteiger partial charge in [-0.05, 0) is 18.8 Å². The van der Waals surface area contributed by atoms with E-state index in [1.807, 2.05) is 13.8 Å². The maximum Gasteiger partial charge on any atom is 0.407 e. The van der Waals surface area contributed by atoms with Gasteiger partial charge in [-0.3, -0.25) is 9.59 Å². The van der Waals surface area contributed by atoms with Crippen LogP contribution in [-0.2, 0) is 14.3 Å². The third kappa shape index (κ3) is 4.40. The zero-order chi connectivity index (χ0) is 15.3. The molecular weight excluding hydrogens is 262 g/mol. The molecule has 1 aliphatic rings. The van der Waals surface area contributed by atoms with Crippen LogP contribution < -0.4 is 16.0 Å². The summed E-state index contributed by atoms with van der Waals surface area (Å²) in [6, 6.07) is -0.676. The monoisotopic (exact) mass is 285 g/mol. The van der Waals surface area contributed by atoms with E-state index in [2.05, 4.69) is 20.7 Å². The molecule has 0 bridgehead atoms. The van der Waals surface area contributed by atoms with E-state index in [0.717, 1.165) is 12.8 Å². The maximum atomic E-state index is 12.2. The molecule has 3 amide bonds. The maximum absolute atomic E-state index is 12.2. The molecule has 7 nitrogen and oxygen atoms in total. The van der Waals surface area contributed by atoms with Crippen molar-refractivity contribution in [3.63, 3.8) is 0 Å². The quantitative estimate of drug-likeness (QED) is 0.647. The fraction of sp³-hybridized carbons (Fsp3) is 0.769. The minimum Gasteiger partial charge on any atom is -0.453 e. The van der Waals surface area contributed by atoms with Crippen molar-refractivity contribution in [1.29, 1.82) is 0 Å².